The summed E-state index contributed by atoms with van der Waals surface area (Å²) in [6, 6.07) is -0.831. The van der Waals surface area contributed by atoms with Crippen LogP contribution in [0.2, 0.25) is 0 Å². The Kier molecular flexibility index (Phi) is 3.32. The molecular weight excluding hydrogens is 234 g/mol. The quantitative estimate of drug-likeness (QED) is 0.552. The molecule has 0 spiro atoms. The van der Waals surface area contributed by atoms with Crippen molar-refractivity contribution in [2.24, 2.45) is 0 Å². The van der Waals surface area contributed by atoms with Gasteiger partial charge >= 0.3 is 5.97 Å². The second-order valence-electron chi connectivity index (χ2n) is 4.24. The van der Waals surface area contributed by atoms with Gasteiger partial charge in [-0.3, -0.25) is 14.5 Å². The molecule has 0 radical (unpaired) electrons. The van der Waals surface area contributed by atoms with Crippen LogP contribution in [0.3, 0.4) is 0 Å². The highest BCUT2D eigenvalue weighted by atomic mass is 16.5. The molecule has 1 aliphatic heterocycles. The van der Waals surface area contributed by atoms with Crippen LogP contribution in [0.25, 0.3) is 0 Å². The lowest BCUT2D eigenvalue weighted by Gasteiger charge is -2.21. The Morgan fingerprint density at radius 3 is 2.17 bits per heavy atom. The number of rotatable bonds is 3. The summed E-state index contributed by atoms with van der Waals surface area (Å²) in [5, 5.41) is 0. The molecule has 2 rings (SSSR count). The molecular formula is C13H15NO4. The number of allylic oxidation sites excluding steroid dienone is 2. The van der Waals surface area contributed by atoms with Crippen molar-refractivity contribution in [3.05, 3.63) is 23.3 Å². The summed E-state index contributed by atoms with van der Waals surface area (Å²) < 4.78 is 4.64. The number of hydrogen-bond acceptors (Lipinski definition) is 4. The van der Waals surface area contributed by atoms with Crippen molar-refractivity contribution >= 4 is 17.8 Å². The first kappa shape index (κ1) is 12.5. The summed E-state index contributed by atoms with van der Waals surface area (Å²) in [6.45, 7) is 1.74. The fourth-order valence-corrected chi connectivity index (χ4v) is 2.31. The van der Waals surface area contributed by atoms with Crippen LogP contribution in [0.4, 0.5) is 0 Å². The summed E-state index contributed by atoms with van der Waals surface area (Å²) in [4.78, 5) is 37.0. The maximum Gasteiger partial charge on any atom is 0.329 e. The van der Waals surface area contributed by atoms with Gasteiger partial charge in [-0.15, -0.1) is 0 Å². The number of carbonyl (C=O) groups excluding carboxylic acids is 3. The molecule has 0 bridgehead atoms. The predicted molar refractivity (Wildman–Crippen MR) is 63.3 cm³/mol. The van der Waals surface area contributed by atoms with Gasteiger partial charge in [0.15, 0.2) is 0 Å². The molecule has 0 aromatic carbocycles. The largest absolute Gasteiger partial charge is 0.467 e. The smallest absolute Gasteiger partial charge is 0.329 e. The monoisotopic (exact) mass is 249 g/mol. The lowest BCUT2D eigenvalue weighted by atomic mass is 10.0. The highest BCUT2D eigenvalue weighted by Crippen LogP contribution is 2.31. The number of carbonyl (C=O) groups is 3. The predicted octanol–water partition coefficient (Wildman–Crippen LogP) is 0.953. The van der Waals surface area contributed by atoms with Crippen LogP contribution >= 0.6 is 0 Å². The second kappa shape index (κ2) is 4.76. The van der Waals surface area contributed by atoms with Gasteiger partial charge in [0.05, 0.1) is 7.11 Å². The number of amides is 2. The third-order valence-corrected chi connectivity index (χ3v) is 3.22. The van der Waals surface area contributed by atoms with Crippen LogP contribution in [-0.4, -0.2) is 35.8 Å². The van der Waals surface area contributed by atoms with Crippen molar-refractivity contribution in [2.45, 2.75) is 32.2 Å². The van der Waals surface area contributed by atoms with Crippen LogP contribution in [-0.2, 0) is 19.1 Å². The third kappa shape index (κ3) is 1.75. The minimum Gasteiger partial charge on any atom is -0.467 e. The molecule has 5 heteroatoms. The van der Waals surface area contributed by atoms with Crippen LogP contribution in [0.5, 0.6) is 0 Å². The van der Waals surface area contributed by atoms with Crippen molar-refractivity contribution < 1.29 is 19.1 Å². The van der Waals surface area contributed by atoms with Gasteiger partial charge in [0.1, 0.15) is 6.04 Å². The molecule has 1 saturated heterocycles. The number of esters is 1. The lowest BCUT2D eigenvalue weighted by Crippen LogP contribution is -2.44. The van der Waals surface area contributed by atoms with E-state index in [0.29, 0.717) is 17.6 Å². The molecule has 0 aromatic rings. The third-order valence-electron chi connectivity index (χ3n) is 3.22. The molecule has 2 aliphatic rings. The van der Waals surface area contributed by atoms with Crippen LogP contribution in [0, 0.1) is 0 Å². The first-order valence-corrected chi connectivity index (χ1v) is 5.98. The molecule has 1 atom stereocenters. The Morgan fingerprint density at radius 1 is 1.28 bits per heavy atom. The lowest BCUT2D eigenvalue weighted by molar-refractivity contribution is -0.155. The van der Waals surface area contributed by atoms with Gasteiger partial charge in [-0.05, 0) is 19.3 Å². The number of nitrogens with zero attached hydrogens (tertiary/aromatic N) is 1. The number of imide groups is 1. The van der Waals surface area contributed by atoms with E-state index in [-0.39, 0.29) is 11.8 Å². The zero-order valence-electron chi connectivity index (χ0n) is 10.4. The Balaban J connectivity index is 2.37. The standard InChI is InChI=1S/C13H15NO4/c1-3-10(13(17)18-2)14-11(15)8-6-4-5-7-9(8)12(14)16/h6-7,10H,3-5H2,1-2H3/t10-/m0/s1. The van der Waals surface area contributed by atoms with Crippen molar-refractivity contribution in [2.75, 3.05) is 7.11 Å². The molecule has 2 amide bonds. The van der Waals surface area contributed by atoms with Gasteiger partial charge in [0, 0.05) is 11.1 Å². The fraction of sp³-hybridized carbons (Fsp3) is 0.462. The van der Waals surface area contributed by atoms with Gasteiger partial charge in [-0.1, -0.05) is 19.1 Å². The minimum atomic E-state index is -0.831. The Bertz CT molecular complexity index is 443. The van der Waals surface area contributed by atoms with E-state index >= 15 is 0 Å². The van der Waals surface area contributed by atoms with E-state index in [1.165, 1.54) is 7.11 Å². The van der Waals surface area contributed by atoms with Crippen LogP contribution in [0.1, 0.15) is 26.2 Å². The summed E-state index contributed by atoms with van der Waals surface area (Å²) in [6.07, 6.45) is 5.38. The molecule has 96 valence electrons. The topological polar surface area (TPSA) is 63.7 Å². The van der Waals surface area contributed by atoms with E-state index in [1.807, 2.05) is 0 Å². The summed E-state index contributed by atoms with van der Waals surface area (Å²) >= 11 is 0. The van der Waals surface area contributed by atoms with Crippen molar-refractivity contribution in [1.29, 1.82) is 0 Å². The molecule has 0 saturated carbocycles. The SMILES string of the molecule is CC[C@@H](C(=O)OC)N1C(=O)C2=CCCC=C2C1=O. The zero-order valence-corrected chi connectivity index (χ0v) is 10.4. The molecule has 1 aliphatic carbocycles. The summed E-state index contributed by atoms with van der Waals surface area (Å²) in [5.74, 6) is -1.33. The highest BCUT2D eigenvalue weighted by Gasteiger charge is 2.45. The number of fused-ring (bicyclic) bond motifs is 1. The number of hydrogen-bond donors (Lipinski definition) is 0. The van der Waals surface area contributed by atoms with E-state index in [4.69, 9.17) is 0 Å². The zero-order chi connectivity index (χ0) is 13.3. The van der Waals surface area contributed by atoms with E-state index in [0.717, 1.165) is 17.7 Å². The normalized spacial score (nSPS) is 20.2. The van der Waals surface area contributed by atoms with Crippen molar-refractivity contribution in [3.63, 3.8) is 0 Å². The molecule has 18 heavy (non-hydrogen) atoms. The molecule has 1 fully saturated rings. The van der Waals surface area contributed by atoms with Crippen molar-refractivity contribution in [1.82, 2.24) is 4.90 Å². The molecule has 0 aromatic heterocycles. The van der Waals surface area contributed by atoms with E-state index < -0.39 is 12.0 Å². The minimum absolute atomic E-state index is 0.352. The fourth-order valence-electron chi connectivity index (χ4n) is 2.31. The Hall–Kier alpha value is -1.91. The van der Waals surface area contributed by atoms with Crippen molar-refractivity contribution in [3.8, 4) is 0 Å². The first-order chi connectivity index (χ1) is 8.61. The van der Waals surface area contributed by atoms with Gasteiger partial charge in [0.25, 0.3) is 11.8 Å². The number of ether oxygens (including phenoxy) is 1. The Morgan fingerprint density at radius 2 is 1.78 bits per heavy atom. The molecule has 5 nitrogen and oxygen atoms in total. The van der Waals surface area contributed by atoms with Gasteiger partial charge < -0.3 is 4.74 Å². The maximum absolute atomic E-state index is 12.2. The number of likely N-dealkylation sites (tertiary alicyclic amines) is 1. The van der Waals surface area contributed by atoms with E-state index in [2.05, 4.69) is 4.74 Å². The first-order valence-electron chi connectivity index (χ1n) is 5.98. The number of methoxy groups -OCH3 is 1. The summed E-state index contributed by atoms with van der Waals surface area (Å²) in [7, 11) is 1.25. The van der Waals surface area contributed by atoms with Crippen LogP contribution in [0.15, 0.2) is 23.3 Å². The van der Waals surface area contributed by atoms with E-state index in [1.54, 1.807) is 19.1 Å². The van der Waals surface area contributed by atoms with Gasteiger partial charge in [-0.25, -0.2) is 4.79 Å². The maximum atomic E-state index is 12.2. The molecule has 0 unspecified atom stereocenters. The second-order valence-corrected chi connectivity index (χ2v) is 4.24. The molecule has 1 heterocycles. The average Bonchev–Trinajstić information content (AvgIpc) is 2.65. The van der Waals surface area contributed by atoms with E-state index in [9.17, 15) is 14.4 Å². The van der Waals surface area contributed by atoms with Gasteiger partial charge in [-0.2, -0.15) is 0 Å². The van der Waals surface area contributed by atoms with Gasteiger partial charge in [0.2, 0.25) is 0 Å². The average molecular weight is 249 g/mol. The molecule has 0 N–H and O–H groups in total. The van der Waals surface area contributed by atoms with Crippen LogP contribution < -0.4 is 0 Å². The highest BCUT2D eigenvalue weighted by molar-refractivity contribution is 6.25. The summed E-state index contributed by atoms with van der Waals surface area (Å²) in [5.41, 5.74) is 0.849. The Labute approximate surface area is 105 Å².